The zero-order chi connectivity index (χ0) is 19.6. The summed E-state index contributed by atoms with van der Waals surface area (Å²) in [7, 11) is 0. The van der Waals surface area contributed by atoms with Gasteiger partial charge in [0.15, 0.2) is 0 Å². The lowest BCUT2D eigenvalue weighted by atomic mass is 10.1. The molecule has 2 aromatic carbocycles. The summed E-state index contributed by atoms with van der Waals surface area (Å²) in [5, 5.41) is 14.0. The molecule has 1 atom stereocenters. The summed E-state index contributed by atoms with van der Waals surface area (Å²) in [6.45, 7) is 3.91. The van der Waals surface area contributed by atoms with E-state index in [1.807, 2.05) is 24.3 Å². The third-order valence-corrected chi connectivity index (χ3v) is 4.83. The predicted octanol–water partition coefficient (Wildman–Crippen LogP) is 3.46. The molecule has 0 aliphatic carbocycles. The number of nitrogens with zero attached hydrogens (tertiary/aromatic N) is 2. The van der Waals surface area contributed by atoms with Gasteiger partial charge >= 0.3 is 0 Å². The number of carbonyl (C=O) groups is 2. The standard InChI is InChI=1S/C20H21N3O4/c1-3-14-5-7-16(8-6-14)21-20(25)15-10-19(24)22(12-15)17-9-4-13(2)18(11-17)23(26)27/h4-9,11,15H,3,10,12H2,1-2H3,(H,21,25)/t15-/m1/s1. The Morgan fingerprint density at radius 2 is 1.96 bits per heavy atom. The Bertz CT molecular complexity index is 893. The maximum absolute atomic E-state index is 12.5. The Morgan fingerprint density at radius 3 is 2.59 bits per heavy atom. The molecule has 0 saturated carbocycles. The quantitative estimate of drug-likeness (QED) is 0.647. The average Bonchev–Trinajstić information content (AvgIpc) is 3.04. The van der Waals surface area contributed by atoms with E-state index in [1.54, 1.807) is 19.1 Å². The summed E-state index contributed by atoms with van der Waals surface area (Å²) in [5.74, 6) is -0.935. The molecule has 1 saturated heterocycles. The normalized spacial score (nSPS) is 16.4. The van der Waals surface area contributed by atoms with Crippen LogP contribution in [0.15, 0.2) is 42.5 Å². The zero-order valence-corrected chi connectivity index (χ0v) is 15.3. The highest BCUT2D eigenvalue weighted by Gasteiger charge is 2.35. The van der Waals surface area contributed by atoms with Crippen molar-refractivity contribution in [3.8, 4) is 0 Å². The molecule has 1 aliphatic heterocycles. The van der Waals surface area contributed by atoms with E-state index in [1.165, 1.54) is 16.5 Å². The summed E-state index contributed by atoms with van der Waals surface area (Å²) in [6, 6.07) is 12.3. The van der Waals surface area contributed by atoms with Crippen LogP contribution in [0.4, 0.5) is 17.1 Å². The number of nitro benzene ring substituents is 1. The molecule has 7 nitrogen and oxygen atoms in total. The lowest BCUT2D eigenvalue weighted by molar-refractivity contribution is -0.385. The molecule has 0 aromatic heterocycles. The van der Waals surface area contributed by atoms with E-state index < -0.39 is 10.8 Å². The fourth-order valence-corrected chi connectivity index (χ4v) is 3.16. The highest BCUT2D eigenvalue weighted by atomic mass is 16.6. The van der Waals surface area contributed by atoms with Gasteiger partial charge in [-0.1, -0.05) is 25.1 Å². The van der Waals surface area contributed by atoms with Gasteiger partial charge in [-0.05, 0) is 37.1 Å². The van der Waals surface area contributed by atoms with E-state index in [2.05, 4.69) is 12.2 Å². The number of amides is 2. The van der Waals surface area contributed by atoms with Crippen LogP contribution in [0.2, 0.25) is 0 Å². The van der Waals surface area contributed by atoms with Crippen molar-refractivity contribution in [3.05, 3.63) is 63.7 Å². The fourth-order valence-electron chi connectivity index (χ4n) is 3.16. The Balaban J connectivity index is 1.72. The Hall–Kier alpha value is -3.22. The predicted molar refractivity (Wildman–Crippen MR) is 103 cm³/mol. The molecule has 27 heavy (non-hydrogen) atoms. The van der Waals surface area contributed by atoms with Crippen LogP contribution in [0.3, 0.4) is 0 Å². The molecular formula is C20H21N3O4. The van der Waals surface area contributed by atoms with Gasteiger partial charge in [-0.2, -0.15) is 0 Å². The SMILES string of the molecule is CCc1ccc(NC(=O)[C@@H]2CC(=O)N(c3ccc(C)c([N+](=O)[O-])c3)C2)cc1. The van der Waals surface area contributed by atoms with Crippen molar-refractivity contribution < 1.29 is 14.5 Å². The molecule has 1 aliphatic rings. The highest BCUT2D eigenvalue weighted by molar-refractivity contribution is 6.03. The second-order valence-electron chi connectivity index (χ2n) is 6.67. The number of rotatable bonds is 5. The highest BCUT2D eigenvalue weighted by Crippen LogP contribution is 2.30. The number of carbonyl (C=O) groups excluding carboxylic acids is 2. The Labute approximate surface area is 157 Å². The minimum atomic E-state index is -0.497. The smallest absolute Gasteiger partial charge is 0.274 e. The van der Waals surface area contributed by atoms with Crippen LogP contribution in [-0.4, -0.2) is 23.3 Å². The van der Waals surface area contributed by atoms with Gasteiger partial charge in [-0.3, -0.25) is 19.7 Å². The maximum atomic E-state index is 12.5. The third kappa shape index (κ3) is 3.97. The lowest BCUT2D eigenvalue weighted by Crippen LogP contribution is -2.28. The minimum Gasteiger partial charge on any atom is -0.326 e. The molecular weight excluding hydrogens is 346 g/mol. The van der Waals surface area contributed by atoms with E-state index in [0.29, 0.717) is 16.9 Å². The number of aryl methyl sites for hydroxylation is 2. The van der Waals surface area contributed by atoms with Crippen molar-refractivity contribution in [1.82, 2.24) is 0 Å². The van der Waals surface area contributed by atoms with E-state index >= 15 is 0 Å². The zero-order valence-electron chi connectivity index (χ0n) is 15.3. The van der Waals surface area contributed by atoms with Crippen molar-refractivity contribution >= 4 is 28.9 Å². The van der Waals surface area contributed by atoms with Crippen LogP contribution < -0.4 is 10.2 Å². The Kier molecular flexibility index (Phi) is 5.21. The molecule has 0 bridgehead atoms. The van der Waals surface area contributed by atoms with Gasteiger partial charge in [0.2, 0.25) is 11.8 Å². The van der Waals surface area contributed by atoms with Crippen molar-refractivity contribution in [1.29, 1.82) is 0 Å². The molecule has 0 unspecified atom stereocenters. The van der Waals surface area contributed by atoms with Gasteiger partial charge in [0.1, 0.15) is 0 Å². The summed E-state index contributed by atoms with van der Waals surface area (Å²) in [5.41, 5.74) is 2.80. The molecule has 7 heteroatoms. The van der Waals surface area contributed by atoms with Crippen LogP contribution in [0.1, 0.15) is 24.5 Å². The average molecular weight is 367 g/mol. The van der Waals surface area contributed by atoms with Gasteiger partial charge < -0.3 is 10.2 Å². The fraction of sp³-hybridized carbons (Fsp3) is 0.300. The molecule has 0 spiro atoms. The number of benzene rings is 2. The second-order valence-corrected chi connectivity index (χ2v) is 6.67. The van der Waals surface area contributed by atoms with Crippen molar-refractivity contribution in [2.45, 2.75) is 26.7 Å². The van der Waals surface area contributed by atoms with E-state index in [9.17, 15) is 19.7 Å². The van der Waals surface area contributed by atoms with Gasteiger partial charge in [-0.15, -0.1) is 0 Å². The lowest BCUT2D eigenvalue weighted by Gasteiger charge is -2.17. The van der Waals surface area contributed by atoms with Crippen LogP contribution >= 0.6 is 0 Å². The first-order valence-corrected chi connectivity index (χ1v) is 8.84. The third-order valence-electron chi connectivity index (χ3n) is 4.83. The largest absolute Gasteiger partial charge is 0.326 e. The number of nitro groups is 1. The number of hydrogen-bond donors (Lipinski definition) is 1. The number of nitrogens with one attached hydrogen (secondary N) is 1. The van der Waals surface area contributed by atoms with Crippen molar-refractivity contribution in [3.63, 3.8) is 0 Å². The topological polar surface area (TPSA) is 92.6 Å². The van der Waals surface area contributed by atoms with Crippen LogP contribution in [0.25, 0.3) is 0 Å². The number of anilines is 2. The summed E-state index contributed by atoms with van der Waals surface area (Å²) >= 11 is 0. The summed E-state index contributed by atoms with van der Waals surface area (Å²) < 4.78 is 0. The van der Waals surface area contributed by atoms with Crippen LogP contribution in [0.5, 0.6) is 0 Å². The van der Waals surface area contributed by atoms with Gasteiger partial charge in [0, 0.05) is 30.3 Å². The van der Waals surface area contributed by atoms with Gasteiger partial charge in [0.25, 0.3) is 5.69 Å². The van der Waals surface area contributed by atoms with E-state index in [0.717, 1.165) is 6.42 Å². The molecule has 2 aromatic rings. The monoisotopic (exact) mass is 367 g/mol. The van der Waals surface area contributed by atoms with E-state index in [-0.39, 0.29) is 30.5 Å². The minimum absolute atomic E-state index is 0.0378. The van der Waals surface area contributed by atoms with Crippen molar-refractivity contribution in [2.75, 3.05) is 16.8 Å². The molecule has 1 fully saturated rings. The molecule has 2 amide bonds. The van der Waals surface area contributed by atoms with Gasteiger partial charge in [0.05, 0.1) is 16.5 Å². The molecule has 0 radical (unpaired) electrons. The second kappa shape index (κ2) is 7.57. The molecule has 3 rings (SSSR count). The number of hydrogen-bond acceptors (Lipinski definition) is 4. The van der Waals surface area contributed by atoms with Crippen LogP contribution in [-0.2, 0) is 16.0 Å². The Morgan fingerprint density at radius 1 is 1.26 bits per heavy atom. The summed E-state index contributed by atoms with van der Waals surface area (Å²) in [6.07, 6.45) is 1.00. The first kappa shape index (κ1) is 18.6. The van der Waals surface area contributed by atoms with Gasteiger partial charge in [-0.25, -0.2) is 0 Å². The van der Waals surface area contributed by atoms with E-state index in [4.69, 9.17) is 0 Å². The van der Waals surface area contributed by atoms with Crippen LogP contribution in [0, 0.1) is 23.0 Å². The first-order valence-electron chi connectivity index (χ1n) is 8.84. The first-order chi connectivity index (χ1) is 12.9. The summed E-state index contributed by atoms with van der Waals surface area (Å²) in [4.78, 5) is 37.0. The van der Waals surface area contributed by atoms with Crippen molar-refractivity contribution in [2.24, 2.45) is 5.92 Å². The molecule has 1 N–H and O–H groups in total. The maximum Gasteiger partial charge on any atom is 0.274 e. The molecule has 140 valence electrons. The molecule has 1 heterocycles.